The van der Waals surface area contributed by atoms with Crippen LogP contribution in [0, 0.1) is 0 Å². The zero-order chi connectivity index (χ0) is 22.8. The zero-order valence-electron chi connectivity index (χ0n) is 16.5. The quantitative estimate of drug-likeness (QED) is 0.482. The summed E-state index contributed by atoms with van der Waals surface area (Å²) in [6.07, 6.45) is -0.398. The largest absolute Gasteiger partial charge is 0.346 e. The van der Waals surface area contributed by atoms with E-state index in [2.05, 4.69) is 5.10 Å². The second-order valence-electron chi connectivity index (χ2n) is 7.76. The minimum atomic E-state index is -4.31. The van der Waals surface area contributed by atoms with E-state index in [1.165, 1.54) is 23.1 Å². The average Bonchev–Trinajstić information content (AvgIpc) is 3.19. The van der Waals surface area contributed by atoms with Gasteiger partial charge in [0, 0.05) is 24.9 Å². The van der Waals surface area contributed by atoms with Crippen molar-refractivity contribution in [3.05, 3.63) is 53.1 Å². The Kier molecular flexibility index (Phi) is 5.01. The van der Waals surface area contributed by atoms with Gasteiger partial charge in [-0.3, -0.25) is 0 Å². The third-order valence-corrected chi connectivity index (χ3v) is 7.21. The summed E-state index contributed by atoms with van der Waals surface area (Å²) in [6, 6.07) is 8.08. The molecular formula is C20H18ClF4N3O2S. The summed E-state index contributed by atoms with van der Waals surface area (Å²) >= 11 is 6.29. The Morgan fingerprint density at radius 1 is 1.16 bits per heavy atom. The number of hydrogen-bond donors (Lipinski definition) is 0. The van der Waals surface area contributed by atoms with Gasteiger partial charge < -0.3 is 4.90 Å². The number of nitrogens with zero attached hydrogens (tertiary/aromatic N) is 3. The highest BCUT2D eigenvalue weighted by Gasteiger charge is 2.45. The third kappa shape index (κ3) is 3.76. The molecule has 5 nitrogen and oxygen atoms in total. The Morgan fingerprint density at radius 2 is 1.81 bits per heavy atom. The maximum absolute atomic E-state index is 14.0. The number of anilines is 1. The Balaban J connectivity index is 1.88. The minimum absolute atomic E-state index is 0.0329. The van der Waals surface area contributed by atoms with Gasteiger partial charge >= 0.3 is 0 Å². The highest BCUT2D eigenvalue weighted by Crippen LogP contribution is 2.41. The highest BCUT2D eigenvalue weighted by atomic mass is 35.5. The number of hydrogen-bond acceptors (Lipinski definition) is 4. The van der Waals surface area contributed by atoms with Crippen molar-refractivity contribution in [2.24, 2.45) is 0 Å². The van der Waals surface area contributed by atoms with E-state index in [-0.39, 0.29) is 32.2 Å². The molecule has 0 radical (unpaired) electrons. The monoisotopic (exact) mass is 475 g/mol. The molecule has 1 aliphatic rings. The minimum Gasteiger partial charge on any atom is -0.346 e. The van der Waals surface area contributed by atoms with Crippen molar-refractivity contribution in [1.29, 1.82) is 0 Å². The molecule has 1 saturated heterocycles. The molecule has 3 aromatic rings. The van der Waals surface area contributed by atoms with E-state index < -0.39 is 40.9 Å². The maximum atomic E-state index is 14.0. The van der Waals surface area contributed by atoms with Gasteiger partial charge in [-0.05, 0) is 31.2 Å². The molecule has 2 heterocycles. The molecule has 1 atom stereocenters. The fourth-order valence-corrected chi connectivity index (χ4v) is 5.31. The molecular weight excluding hydrogens is 458 g/mol. The Bertz CT molecular complexity index is 1250. The van der Waals surface area contributed by atoms with Crippen LogP contribution in [-0.2, 0) is 15.9 Å². The number of alkyl halides is 4. The summed E-state index contributed by atoms with van der Waals surface area (Å²) in [5.74, 6) is -6.04. The lowest BCUT2D eigenvalue weighted by atomic mass is 10.1. The van der Waals surface area contributed by atoms with Crippen LogP contribution >= 0.6 is 11.6 Å². The van der Waals surface area contributed by atoms with Crippen LogP contribution in [0.4, 0.5) is 23.4 Å². The molecule has 1 aliphatic heterocycles. The van der Waals surface area contributed by atoms with Crippen molar-refractivity contribution in [3.63, 3.8) is 0 Å². The predicted octanol–water partition coefficient (Wildman–Crippen LogP) is 5.27. The van der Waals surface area contributed by atoms with E-state index in [4.69, 9.17) is 11.6 Å². The molecule has 2 aromatic carbocycles. The van der Waals surface area contributed by atoms with Crippen molar-refractivity contribution in [2.45, 2.75) is 43.1 Å². The number of fused-ring (bicyclic) bond motifs is 1. The summed E-state index contributed by atoms with van der Waals surface area (Å²) < 4.78 is 82.2. The molecule has 0 N–H and O–H groups in total. The van der Waals surface area contributed by atoms with E-state index in [0.29, 0.717) is 11.0 Å². The van der Waals surface area contributed by atoms with E-state index in [1.54, 1.807) is 6.92 Å². The van der Waals surface area contributed by atoms with Crippen LogP contribution in [-0.4, -0.2) is 36.1 Å². The summed E-state index contributed by atoms with van der Waals surface area (Å²) in [5, 5.41) is 4.55. The summed E-state index contributed by atoms with van der Waals surface area (Å²) in [5.41, 5.74) is -0.233. The third-order valence-electron chi connectivity index (χ3n) is 5.29. The molecule has 0 aliphatic carbocycles. The number of rotatable bonds is 4. The lowest BCUT2D eigenvalue weighted by Gasteiger charge is -2.20. The number of halogens is 5. The van der Waals surface area contributed by atoms with Gasteiger partial charge in [-0.25, -0.2) is 17.6 Å². The predicted molar refractivity (Wildman–Crippen MR) is 110 cm³/mol. The highest BCUT2D eigenvalue weighted by molar-refractivity contribution is 7.90. The molecule has 4 rings (SSSR count). The molecule has 1 aromatic heterocycles. The standard InChI is InChI=1S/C20H18ClF4N3O2S/c1-12-10-20(24,25)11-27(12)18-17-15(21)4-3-5-16(17)28(26-18)31(29,30)14-8-6-13(7-9-14)19(2,22)23/h3-9,12H,10-11H2,1-2H3/t12-/m0/s1. The molecule has 0 unspecified atom stereocenters. The molecule has 31 heavy (non-hydrogen) atoms. The van der Waals surface area contributed by atoms with Crippen LogP contribution in [0.2, 0.25) is 5.02 Å². The molecule has 0 bridgehead atoms. The van der Waals surface area contributed by atoms with Gasteiger partial charge in [-0.15, -0.1) is 5.10 Å². The van der Waals surface area contributed by atoms with Crippen LogP contribution < -0.4 is 4.90 Å². The zero-order valence-corrected chi connectivity index (χ0v) is 18.1. The van der Waals surface area contributed by atoms with Gasteiger partial charge in [0.25, 0.3) is 21.9 Å². The van der Waals surface area contributed by atoms with E-state index >= 15 is 0 Å². The molecule has 166 valence electrons. The maximum Gasteiger partial charge on any atom is 0.283 e. The van der Waals surface area contributed by atoms with Crippen LogP contribution in [0.5, 0.6) is 0 Å². The van der Waals surface area contributed by atoms with Crippen LogP contribution in [0.3, 0.4) is 0 Å². The van der Waals surface area contributed by atoms with Crippen LogP contribution in [0.1, 0.15) is 25.8 Å². The first-order valence-electron chi connectivity index (χ1n) is 9.37. The molecule has 1 fully saturated rings. The van der Waals surface area contributed by atoms with Crippen molar-refractivity contribution in [2.75, 3.05) is 11.4 Å². The fourth-order valence-electron chi connectivity index (χ4n) is 3.78. The van der Waals surface area contributed by atoms with Crippen LogP contribution in [0.25, 0.3) is 10.9 Å². The Labute approximate surface area is 181 Å². The second kappa shape index (κ2) is 7.09. The number of aromatic nitrogens is 2. The average molecular weight is 476 g/mol. The smallest absolute Gasteiger partial charge is 0.283 e. The lowest BCUT2D eigenvalue weighted by molar-refractivity contribution is 0.0173. The van der Waals surface area contributed by atoms with Gasteiger partial charge in [-0.1, -0.05) is 29.8 Å². The SMILES string of the molecule is C[C@H]1CC(F)(F)CN1c1nn(S(=O)(=O)c2ccc(C(C)(F)F)cc2)c2cccc(Cl)c12. The fraction of sp³-hybridized carbons (Fsp3) is 0.350. The van der Waals surface area contributed by atoms with Crippen molar-refractivity contribution >= 4 is 38.3 Å². The van der Waals surface area contributed by atoms with Crippen molar-refractivity contribution in [1.82, 2.24) is 9.19 Å². The summed E-state index contributed by atoms with van der Waals surface area (Å²) in [4.78, 5) is 1.07. The van der Waals surface area contributed by atoms with Gasteiger partial charge in [0.1, 0.15) is 0 Å². The molecule has 0 spiro atoms. The molecule has 0 amide bonds. The molecule has 11 heteroatoms. The van der Waals surface area contributed by atoms with Gasteiger partial charge in [-0.2, -0.15) is 12.5 Å². The Morgan fingerprint density at radius 3 is 2.35 bits per heavy atom. The van der Waals surface area contributed by atoms with Gasteiger partial charge in [0.05, 0.1) is 27.4 Å². The van der Waals surface area contributed by atoms with Crippen LogP contribution in [0.15, 0.2) is 47.4 Å². The second-order valence-corrected chi connectivity index (χ2v) is 9.93. The summed E-state index contributed by atoms with van der Waals surface area (Å²) in [6.45, 7) is 1.69. The van der Waals surface area contributed by atoms with Crippen molar-refractivity contribution < 1.29 is 26.0 Å². The van der Waals surface area contributed by atoms with E-state index in [9.17, 15) is 26.0 Å². The summed E-state index contributed by atoms with van der Waals surface area (Å²) in [7, 11) is -4.31. The first kappa shape index (κ1) is 21.9. The first-order chi connectivity index (χ1) is 14.3. The lowest BCUT2D eigenvalue weighted by Crippen LogP contribution is -2.29. The van der Waals surface area contributed by atoms with Gasteiger partial charge in [0.15, 0.2) is 5.82 Å². The normalized spacial score (nSPS) is 19.3. The van der Waals surface area contributed by atoms with E-state index in [0.717, 1.165) is 24.3 Å². The topological polar surface area (TPSA) is 55.2 Å². The Hall–Kier alpha value is -2.33. The van der Waals surface area contributed by atoms with Crippen molar-refractivity contribution in [3.8, 4) is 0 Å². The molecule has 0 saturated carbocycles. The first-order valence-corrected chi connectivity index (χ1v) is 11.2. The van der Waals surface area contributed by atoms with E-state index in [1.807, 2.05) is 0 Å². The van der Waals surface area contributed by atoms with Gasteiger partial charge in [0.2, 0.25) is 0 Å². The number of benzene rings is 2.